The van der Waals surface area contributed by atoms with Gasteiger partial charge in [0, 0.05) is 33.1 Å². The Morgan fingerprint density at radius 3 is 2.75 bits per heavy atom. The van der Waals surface area contributed by atoms with Gasteiger partial charge in [-0.05, 0) is 6.42 Å². The lowest BCUT2D eigenvalue weighted by Crippen LogP contribution is -2.40. The number of hydrogen-bond donors (Lipinski definition) is 2. The fourth-order valence-electron chi connectivity index (χ4n) is 1.83. The quantitative estimate of drug-likeness (QED) is 0.620. The Kier molecular flexibility index (Phi) is 4.70. The van der Waals surface area contributed by atoms with E-state index in [-0.39, 0.29) is 25.3 Å². The number of carbonyl (C=O) groups is 2. The number of ether oxygens (including phenoxy) is 1. The van der Waals surface area contributed by atoms with Gasteiger partial charge in [-0.2, -0.15) is 0 Å². The van der Waals surface area contributed by atoms with Crippen LogP contribution in [0.5, 0.6) is 0 Å². The Labute approximate surface area is 93.8 Å². The number of amides is 1. The monoisotopic (exact) mass is 231 g/mol. The van der Waals surface area contributed by atoms with Crippen molar-refractivity contribution >= 4 is 11.9 Å². The zero-order chi connectivity index (χ0) is 12.1. The van der Waals surface area contributed by atoms with E-state index in [1.807, 2.05) is 0 Å². The maximum Gasteiger partial charge on any atom is 0.326 e. The lowest BCUT2D eigenvalue weighted by Gasteiger charge is -2.20. The minimum absolute atomic E-state index is 0.114. The van der Waals surface area contributed by atoms with E-state index in [0.717, 1.165) is 0 Å². The van der Waals surface area contributed by atoms with Gasteiger partial charge in [-0.1, -0.05) is 0 Å². The van der Waals surface area contributed by atoms with Gasteiger partial charge in [-0.25, -0.2) is 4.79 Å². The lowest BCUT2D eigenvalue weighted by atomic mass is 10.2. The van der Waals surface area contributed by atoms with E-state index in [4.69, 9.17) is 9.84 Å². The molecule has 0 bridgehead atoms. The van der Waals surface area contributed by atoms with E-state index < -0.39 is 18.1 Å². The molecule has 16 heavy (non-hydrogen) atoms. The number of carboxylic acids is 1. The molecule has 6 nitrogen and oxygen atoms in total. The van der Waals surface area contributed by atoms with E-state index in [1.54, 1.807) is 7.11 Å². The predicted molar refractivity (Wildman–Crippen MR) is 54.9 cm³/mol. The minimum atomic E-state index is -1.06. The van der Waals surface area contributed by atoms with Crippen molar-refractivity contribution in [3.8, 4) is 0 Å². The van der Waals surface area contributed by atoms with Crippen LogP contribution in [0, 0.1) is 0 Å². The van der Waals surface area contributed by atoms with E-state index >= 15 is 0 Å². The molecule has 0 aromatic rings. The summed E-state index contributed by atoms with van der Waals surface area (Å²) in [5, 5.41) is 18.2. The molecule has 0 spiro atoms. The number of likely N-dealkylation sites (tertiary alicyclic amines) is 1. The maximum atomic E-state index is 11.7. The third-order valence-electron chi connectivity index (χ3n) is 2.62. The molecule has 1 saturated heterocycles. The number of aliphatic carboxylic acids is 1. The summed E-state index contributed by atoms with van der Waals surface area (Å²) in [6.45, 7) is 0.586. The first-order chi connectivity index (χ1) is 7.56. The number of rotatable bonds is 5. The topological polar surface area (TPSA) is 87.1 Å². The number of β-amino-alcohol motifs (C(OH)–C–C–N with tert-alkyl or cyclic N) is 1. The largest absolute Gasteiger partial charge is 0.480 e. The Morgan fingerprint density at radius 2 is 2.19 bits per heavy atom. The molecule has 1 fully saturated rings. The molecule has 6 heteroatoms. The molecule has 0 unspecified atom stereocenters. The van der Waals surface area contributed by atoms with E-state index in [2.05, 4.69) is 0 Å². The van der Waals surface area contributed by atoms with Crippen LogP contribution in [0.25, 0.3) is 0 Å². The van der Waals surface area contributed by atoms with Crippen LogP contribution < -0.4 is 0 Å². The molecule has 2 N–H and O–H groups in total. The molecule has 0 aromatic heterocycles. The fourth-order valence-corrected chi connectivity index (χ4v) is 1.83. The van der Waals surface area contributed by atoms with Gasteiger partial charge in [0.1, 0.15) is 6.04 Å². The Balaban J connectivity index is 2.50. The lowest BCUT2D eigenvalue weighted by molar-refractivity contribution is -0.148. The van der Waals surface area contributed by atoms with Gasteiger partial charge in [0.25, 0.3) is 0 Å². The van der Waals surface area contributed by atoms with Crippen molar-refractivity contribution in [2.24, 2.45) is 0 Å². The van der Waals surface area contributed by atoms with Crippen LogP contribution in [0.3, 0.4) is 0 Å². The first-order valence-electron chi connectivity index (χ1n) is 5.25. The normalized spacial score (nSPS) is 24.8. The first kappa shape index (κ1) is 12.9. The third kappa shape index (κ3) is 3.18. The van der Waals surface area contributed by atoms with Crippen molar-refractivity contribution in [1.82, 2.24) is 4.90 Å². The number of carbonyl (C=O) groups excluding carboxylic acids is 1. The molecule has 0 aromatic carbocycles. The summed E-state index contributed by atoms with van der Waals surface area (Å²) in [5.74, 6) is -1.29. The predicted octanol–water partition coefficient (Wildman–Crippen LogP) is -0.541. The summed E-state index contributed by atoms with van der Waals surface area (Å²) in [6, 6.07) is -0.884. The highest BCUT2D eigenvalue weighted by Crippen LogP contribution is 2.19. The molecule has 1 aliphatic rings. The molecular formula is C10H17NO5. The standard InChI is InChI=1S/C10H17NO5/c1-16-4-2-3-9(13)11-6-7(12)5-8(11)10(14)15/h7-8,12H,2-6H2,1H3,(H,14,15)/t7-,8+/m1/s1. The molecular weight excluding hydrogens is 214 g/mol. The molecule has 1 aliphatic heterocycles. The van der Waals surface area contributed by atoms with E-state index in [9.17, 15) is 14.7 Å². The van der Waals surface area contributed by atoms with Gasteiger partial charge >= 0.3 is 5.97 Å². The van der Waals surface area contributed by atoms with Crippen molar-refractivity contribution < 1.29 is 24.5 Å². The van der Waals surface area contributed by atoms with E-state index in [0.29, 0.717) is 13.0 Å². The second kappa shape index (κ2) is 5.81. The van der Waals surface area contributed by atoms with Gasteiger partial charge in [0.15, 0.2) is 0 Å². The number of aliphatic hydroxyl groups is 1. The summed E-state index contributed by atoms with van der Waals surface area (Å²) < 4.78 is 4.81. The number of carboxylic acid groups (broad SMARTS) is 1. The van der Waals surface area contributed by atoms with Crippen molar-refractivity contribution in [2.45, 2.75) is 31.4 Å². The van der Waals surface area contributed by atoms with Crippen LogP contribution in [-0.2, 0) is 14.3 Å². The Morgan fingerprint density at radius 1 is 1.50 bits per heavy atom. The second-order valence-corrected chi connectivity index (χ2v) is 3.89. The highest BCUT2D eigenvalue weighted by Gasteiger charge is 2.38. The van der Waals surface area contributed by atoms with Gasteiger partial charge in [-0.15, -0.1) is 0 Å². The van der Waals surface area contributed by atoms with Gasteiger partial charge in [0.05, 0.1) is 6.10 Å². The van der Waals surface area contributed by atoms with Crippen molar-refractivity contribution in [1.29, 1.82) is 0 Å². The molecule has 0 aliphatic carbocycles. The van der Waals surface area contributed by atoms with Crippen molar-refractivity contribution in [3.05, 3.63) is 0 Å². The fraction of sp³-hybridized carbons (Fsp3) is 0.800. The third-order valence-corrected chi connectivity index (χ3v) is 2.62. The molecule has 92 valence electrons. The summed E-state index contributed by atoms with van der Waals surface area (Å²) in [4.78, 5) is 23.8. The van der Waals surface area contributed by atoms with Gasteiger partial charge in [-0.3, -0.25) is 4.79 Å². The highest BCUT2D eigenvalue weighted by atomic mass is 16.5. The minimum Gasteiger partial charge on any atom is -0.480 e. The van der Waals surface area contributed by atoms with Crippen molar-refractivity contribution in [2.75, 3.05) is 20.3 Å². The Hall–Kier alpha value is -1.14. The molecule has 2 atom stereocenters. The summed E-state index contributed by atoms with van der Waals surface area (Å²) in [7, 11) is 1.55. The molecule has 1 rings (SSSR count). The van der Waals surface area contributed by atoms with Crippen LogP contribution in [0.15, 0.2) is 0 Å². The van der Waals surface area contributed by atoms with E-state index in [1.165, 1.54) is 4.90 Å². The van der Waals surface area contributed by atoms with Crippen LogP contribution >= 0.6 is 0 Å². The summed E-state index contributed by atoms with van der Waals surface area (Å²) in [5.41, 5.74) is 0. The molecule has 0 radical (unpaired) electrons. The Bertz CT molecular complexity index is 268. The summed E-state index contributed by atoms with van der Waals surface area (Å²) >= 11 is 0. The highest BCUT2D eigenvalue weighted by molar-refractivity contribution is 5.84. The van der Waals surface area contributed by atoms with Crippen LogP contribution in [0.1, 0.15) is 19.3 Å². The molecule has 1 amide bonds. The zero-order valence-electron chi connectivity index (χ0n) is 9.26. The maximum absolute atomic E-state index is 11.7. The number of aliphatic hydroxyl groups excluding tert-OH is 1. The van der Waals surface area contributed by atoms with Crippen molar-refractivity contribution in [3.63, 3.8) is 0 Å². The average molecular weight is 231 g/mol. The SMILES string of the molecule is COCCCC(=O)N1C[C@H](O)C[C@H]1C(=O)O. The smallest absolute Gasteiger partial charge is 0.326 e. The summed E-state index contributed by atoms with van der Waals surface area (Å²) in [6.07, 6.45) is 0.205. The van der Waals surface area contributed by atoms with Gasteiger partial charge in [0.2, 0.25) is 5.91 Å². The van der Waals surface area contributed by atoms with Crippen LogP contribution in [0.4, 0.5) is 0 Å². The number of hydrogen-bond acceptors (Lipinski definition) is 4. The first-order valence-corrected chi connectivity index (χ1v) is 5.25. The molecule has 1 heterocycles. The average Bonchev–Trinajstić information content (AvgIpc) is 2.61. The van der Waals surface area contributed by atoms with Crippen LogP contribution in [0.2, 0.25) is 0 Å². The second-order valence-electron chi connectivity index (χ2n) is 3.89. The molecule has 0 saturated carbocycles. The van der Waals surface area contributed by atoms with Crippen LogP contribution in [-0.4, -0.2) is 59.4 Å². The number of methoxy groups -OCH3 is 1. The van der Waals surface area contributed by atoms with Gasteiger partial charge < -0.3 is 19.8 Å². The number of nitrogens with zero attached hydrogens (tertiary/aromatic N) is 1. The zero-order valence-corrected chi connectivity index (χ0v) is 9.26.